The molecule has 4 atom stereocenters. The maximum absolute atomic E-state index is 12.2. The van der Waals surface area contributed by atoms with Crippen LogP contribution in [0.4, 0.5) is 0 Å². The lowest BCUT2D eigenvalue weighted by atomic mass is 9.83. The van der Waals surface area contributed by atoms with Crippen LogP contribution in [-0.2, 0) is 14.3 Å². The molecule has 0 bridgehead atoms. The van der Waals surface area contributed by atoms with Crippen molar-refractivity contribution in [3.8, 4) is 12.5 Å². The van der Waals surface area contributed by atoms with Crippen molar-refractivity contribution in [3.63, 3.8) is 0 Å². The fraction of sp³-hybridized carbons (Fsp3) is 0.778. The van der Waals surface area contributed by atoms with Crippen LogP contribution in [0.25, 0.3) is 0 Å². The predicted molar refractivity (Wildman–Crippen MR) is 88.3 cm³/mol. The van der Waals surface area contributed by atoms with Crippen LogP contribution < -0.4 is 10.6 Å². The van der Waals surface area contributed by atoms with E-state index in [1.54, 1.807) is 0 Å². The van der Waals surface area contributed by atoms with Gasteiger partial charge in [-0.3, -0.25) is 9.59 Å². The third-order valence-electron chi connectivity index (χ3n) is 5.19. The lowest BCUT2D eigenvalue weighted by molar-refractivity contribution is -0.141. The van der Waals surface area contributed by atoms with E-state index in [0.717, 1.165) is 51.4 Å². The standard InChI is InChI=1S/C18H28N2O3/c1-3-13-9-5-6-10-14(13)19-17(21)18(22)20-15-11-7-8-12-16(15)23-4-2/h2,13-16H,3,5-12H2,1H3,(H,19,21)(H,20,22). The van der Waals surface area contributed by atoms with Crippen molar-refractivity contribution in [1.82, 2.24) is 10.6 Å². The van der Waals surface area contributed by atoms with Crippen LogP contribution in [-0.4, -0.2) is 30.0 Å². The first-order valence-electron chi connectivity index (χ1n) is 8.88. The summed E-state index contributed by atoms with van der Waals surface area (Å²) in [4.78, 5) is 24.4. The molecule has 2 amide bonds. The molecule has 2 aliphatic carbocycles. The van der Waals surface area contributed by atoms with Crippen LogP contribution in [0.3, 0.4) is 0 Å². The third kappa shape index (κ3) is 4.89. The van der Waals surface area contributed by atoms with E-state index in [2.05, 4.69) is 23.7 Å². The molecule has 0 spiro atoms. The monoisotopic (exact) mass is 320 g/mol. The van der Waals surface area contributed by atoms with Gasteiger partial charge in [-0.2, -0.15) is 0 Å². The summed E-state index contributed by atoms with van der Waals surface area (Å²) < 4.78 is 5.24. The molecule has 5 heteroatoms. The highest BCUT2D eigenvalue weighted by Crippen LogP contribution is 2.26. The Balaban J connectivity index is 1.86. The normalized spacial score (nSPS) is 30.8. The molecule has 2 N–H and O–H groups in total. The summed E-state index contributed by atoms with van der Waals surface area (Å²) >= 11 is 0. The van der Waals surface area contributed by atoms with Gasteiger partial charge in [-0.05, 0) is 38.0 Å². The molecule has 4 unspecified atom stereocenters. The van der Waals surface area contributed by atoms with E-state index < -0.39 is 11.8 Å². The van der Waals surface area contributed by atoms with Crippen LogP contribution in [0.15, 0.2) is 0 Å². The van der Waals surface area contributed by atoms with Gasteiger partial charge < -0.3 is 15.4 Å². The van der Waals surface area contributed by atoms with Crippen LogP contribution in [0.2, 0.25) is 0 Å². The number of carbonyl (C=O) groups is 2. The highest BCUT2D eigenvalue weighted by atomic mass is 16.5. The molecule has 0 aromatic rings. The second kappa shape index (κ2) is 8.81. The van der Waals surface area contributed by atoms with Gasteiger partial charge in [-0.1, -0.05) is 39.0 Å². The molecule has 23 heavy (non-hydrogen) atoms. The average Bonchev–Trinajstić information content (AvgIpc) is 2.57. The number of hydrogen-bond acceptors (Lipinski definition) is 3. The molecule has 2 saturated carbocycles. The number of nitrogens with one attached hydrogen (secondary N) is 2. The molecule has 0 heterocycles. The van der Waals surface area contributed by atoms with Gasteiger partial charge >= 0.3 is 11.8 Å². The molecule has 2 fully saturated rings. The van der Waals surface area contributed by atoms with Crippen LogP contribution in [0.5, 0.6) is 0 Å². The Morgan fingerprint density at radius 2 is 1.57 bits per heavy atom. The fourth-order valence-electron chi connectivity index (χ4n) is 3.84. The Labute approximate surface area is 138 Å². The van der Waals surface area contributed by atoms with Gasteiger partial charge in [0.2, 0.25) is 0 Å². The van der Waals surface area contributed by atoms with Gasteiger partial charge in [-0.25, -0.2) is 0 Å². The van der Waals surface area contributed by atoms with Gasteiger partial charge in [0, 0.05) is 6.04 Å². The first kappa shape index (κ1) is 17.7. The first-order valence-corrected chi connectivity index (χ1v) is 8.88. The number of hydrogen-bond donors (Lipinski definition) is 2. The zero-order valence-corrected chi connectivity index (χ0v) is 14.0. The summed E-state index contributed by atoms with van der Waals surface area (Å²) in [5, 5.41) is 5.73. The summed E-state index contributed by atoms with van der Waals surface area (Å²) in [5.41, 5.74) is 0. The Morgan fingerprint density at radius 3 is 2.22 bits per heavy atom. The molecule has 0 aromatic carbocycles. The van der Waals surface area contributed by atoms with Gasteiger partial charge in [0.15, 0.2) is 0 Å². The van der Waals surface area contributed by atoms with E-state index in [1.165, 1.54) is 6.42 Å². The maximum atomic E-state index is 12.2. The maximum Gasteiger partial charge on any atom is 0.309 e. The van der Waals surface area contributed by atoms with E-state index in [0.29, 0.717) is 5.92 Å². The van der Waals surface area contributed by atoms with Crippen molar-refractivity contribution >= 4 is 11.8 Å². The van der Waals surface area contributed by atoms with Gasteiger partial charge in [0.05, 0.1) is 6.04 Å². The third-order valence-corrected chi connectivity index (χ3v) is 5.19. The topological polar surface area (TPSA) is 67.4 Å². The smallest absolute Gasteiger partial charge is 0.309 e. The Bertz CT molecular complexity index is 458. The van der Waals surface area contributed by atoms with E-state index in [1.807, 2.05) is 0 Å². The van der Waals surface area contributed by atoms with Gasteiger partial charge in [-0.15, -0.1) is 0 Å². The average molecular weight is 320 g/mol. The van der Waals surface area contributed by atoms with E-state index in [4.69, 9.17) is 11.2 Å². The minimum Gasteiger partial charge on any atom is -0.441 e. The largest absolute Gasteiger partial charge is 0.441 e. The van der Waals surface area contributed by atoms with Crippen LogP contribution in [0, 0.1) is 18.4 Å². The number of terminal acetylenes is 1. The van der Waals surface area contributed by atoms with E-state index >= 15 is 0 Å². The number of ether oxygens (including phenoxy) is 1. The van der Waals surface area contributed by atoms with E-state index in [9.17, 15) is 9.59 Å². The summed E-state index contributed by atoms with van der Waals surface area (Å²) in [5.74, 6) is -0.615. The zero-order valence-electron chi connectivity index (χ0n) is 14.0. The van der Waals surface area contributed by atoms with Gasteiger partial charge in [0.25, 0.3) is 0 Å². The minimum absolute atomic E-state index is 0.121. The second-order valence-electron chi connectivity index (χ2n) is 6.67. The van der Waals surface area contributed by atoms with Crippen molar-refractivity contribution in [2.75, 3.05) is 0 Å². The van der Waals surface area contributed by atoms with Gasteiger partial charge in [0.1, 0.15) is 12.2 Å². The van der Waals surface area contributed by atoms with Crippen molar-refractivity contribution < 1.29 is 14.3 Å². The molecule has 0 radical (unpaired) electrons. The molecule has 128 valence electrons. The molecule has 0 aromatic heterocycles. The SMILES string of the molecule is C#COC1CCCCC1NC(=O)C(=O)NC1CCCCC1CC. The van der Waals surface area contributed by atoms with Crippen molar-refractivity contribution in [1.29, 1.82) is 0 Å². The summed E-state index contributed by atoms with van der Waals surface area (Å²) in [6.45, 7) is 2.14. The Kier molecular flexibility index (Phi) is 6.76. The predicted octanol–water partition coefficient (Wildman–Crippen LogP) is 2.11. The molecule has 0 saturated heterocycles. The Hall–Kier alpha value is -1.70. The molecule has 2 rings (SSSR count). The van der Waals surface area contributed by atoms with E-state index in [-0.39, 0.29) is 18.2 Å². The number of carbonyl (C=O) groups excluding carboxylic acids is 2. The van der Waals surface area contributed by atoms with Crippen LogP contribution in [0.1, 0.15) is 64.7 Å². The van der Waals surface area contributed by atoms with Crippen molar-refractivity contribution in [2.24, 2.45) is 5.92 Å². The minimum atomic E-state index is -0.567. The molecule has 2 aliphatic rings. The summed E-state index contributed by atoms with van der Waals surface area (Å²) in [6, 6.07) is -0.0533. The quantitative estimate of drug-likeness (QED) is 0.616. The van der Waals surface area contributed by atoms with Crippen LogP contribution >= 0.6 is 0 Å². The highest BCUT2D eigenvalue weighted by molar-refractivity contribution is 6.35. The second-order valence-corrected chi connectivity index (χ2v) is 6.67. The zero-order chi connectivity index (χ0) is 16.7. The van der Waals surface area contributed by atoms with Crippen molar-refractivity contribution in [2.45, 2.75) is 82.9 Å². The number of rotatable bonds is 4. The number of amides is 2. The molecular weight excluding hydrogens is 292 g/mol. The highest BCUT2D eigenvalue weighted by Gasteiger charge is 2.31. The molecule has 0 aliphatic heterocycles. The fourth-order valence-corrected chi connectivity index (χ4v) is 3.84. The lowest BCUT2D eigenvalue weighted by Gasteiger charge is -2.32. The molecular formula is C18H28N2O3. The Morgan fingerprint density at radius 1 is 1.00 bits per heavy atom. The molecule has 5 nitrogen and oxygen atoms in total. The summed E-state index contributed by atoms with van der Waals surface area (Å²) in [6.07, 6.45) is 16.3. The first-order chi connectivity index (χ1) is 11.2. The van der Waals surface area contributed by atoms with Crippen molar-refractivity contribution in [3.05, 3.63) is 0 Å². The lowest BCUT2D eigenvalue weighted by Crippen LogP contribution is -2.53. The summed E-state index contributed by atoms with van der Waals surface area (Å²) in [7, 11) is 0.